The number of hydrogen-bond acceptors (Lipinski definition) is 8. The minimum atomic E-state index is -0.783. The average molecular weight is 478 g/mol. The highest BCUT2D eigenvalue weighted by Gasteiger charge is 2.32. The Morgan fingerprint density at radius 3 is 2.31 bits per heavy atom. The number of ether oxygens (including phenoxy) is 2. The molecule has 11 heteroatoms. The lowest BCUT2D eigenvalue weighted by molar-refractivity contribution is 0.0786. The Hall–Kier alpha value is -4.28. The number of nitrogens with one attached hydrogen (secondary N) is 1. The fourth-order valence-electron chi connectivity index (χ4n) is 4.05. The van der Waals surface area contributed by atoms with Crippen molar-refractivity contribution in [2.24, 2.45) is 5.73 Å². The van der Waals surface area contributed by atoms with Gasteiger partial charge in [0.05, 0.1) is 25.2 Å². The van der Waals surface area contributed by atoms with Gasteiger partial charge in [-0.3, -0.25) is 9.88 Å². The van der Waals surface area contributed by atoms with Gasteiger partial charge in [0.1, 0.15) is 6.10 Å². The van der Waals surface area contributed by atoms with Gasteiger partial charge in [-0.05, 0) is 31.2 Å². The van der Waals surface area contributed by atoms with E-state index >= 15 is 0 Å². The van der Waals surface area contributed by atoms with Gasteiger partial charge in [-0.25, -0.2) is 24.5 Å². The number of primary amides is 1. The van der Waals surface area contributed by atoms with Crippen molar-refractivity contribution in [3.05, 3.63) is 60.7 Å². The third kappa shape index (κ3) is 6.19. The zero-order valence-electron chi connectivity index (χ0n) is 19.3. The molecule has 0 unspecified atom stereocenters. The summed E-state index contributed by atoms with van der Waals surface area (Å²) in [5, 5.41) is 2.98. The van der Waals surface area contributed by atoms with Crippen LogP contribution < -0.4 is 20.7 Å². The first kappa shape index (κ1) is 23.9. The number of rotatable bonds is 7. The number of hydrogen-bond donors (Lipinski definition) is 2. The van der Waals surface area contributed by atoms with Crippen LogP contribution in [0.15, 0.2) is 55.1 Å². The lowest BCUT2D eigenvalue weighted by atomic mass is 9.92. The third-order valence-corrected chi connectivity index (χ3v) is 5.79. The molecule has 11 nitrogen and oxygen atoms in total. The average Bonchev–Trinajstić information content (AvgIpc) is 2.89. The Kier molecular flexibility index (Phi) is 7.66. The van der Waals surface area contributed by atoms with E-state index in [4.69, 9.17) is 15.2 Å². The molecule has 182 valence electrons. The minimum absolute atomic E-state index is 0.136. The first-order valence-corrected chi connectivity index (χ1v) is 11.3. The van der Waals surface area contributed by atoms with Crippen molar-refractivity contribution in [1.29, 1.82) is 0 Å². The van der Waals surface area contributed by atoms with Gasteiger partial charge in [-0.2, -0.15) is 0 Å². The van der Waals surface area contributed by atoms with Crippen molar-refractivity contribution in [2.45, 2.75) is 44.4 Å². The van der Waals surface area contributed by atoms with Gasteiger partial charge in [-0.1, -0.05) is 30.3 Å². The number of urea groups is 1. The molecule has 0 bridgehead atoms. The zero-order valence-corrected chi connectivity index (χ0v) is 19.3. The summed E-state index contributed by atoms with van der Waals surface area (Å²) in [5.74, 6) is 0.424. The van der Waals surface area contributed by atoms with E-state index in [0.29, 0.717) is 49.3 Å². The molecule has 0 spiro atoms. The number of benzene rings is 1. The number of carbonyl (C=O) groups excluding carboxylic acids is 2. The number of amides is 3. The van der Waals surface area contributed by atoms with E-state index in [0.717, 1.165) is 5.56 Å². The van der Waals surface area contributed by atoms with Gasteiger partial charge in [0.25, 0.3) is 0 Å². The Labute approximate surface area is 202 Å². The van der Waals surface area contributed by atoms with Crippen molar-refractivity contribution >= 4 is 17.9 Å². The number of nitrogens with two attached hydrogens (primary N) is 1. The largest absolute Gasteiger partial charge is 0.467 e. The highest BCUT2D eigenvalue weighted by Crippen LogP contribution is 2.29. The SMILES string of the molecule is COc1ncc(-c2cnc(N(C(=O)NCc3ccccc3)C3CCC(OC(N)=O)CC3)cn2)cn1. The van der Waals surface area contributed by atoms with Gasteiger partial charge >= 0.3 is 18.1 Å². The van der Waals surface area contributed by atoms with E-state index in [9.17, 15) is 9.59 Å². The molecule has 0 atom stereocenters. The molecule has 1 aromatic carbocycles. The van der Waals surface area contributed by atoms with Crippen LogP contribution in [-0.4, -0.2) is 51.3 Å². The first-order valence-electron chi connectivity index (χ1n) is 11.3. The molecule has 1 aliphatic rings. The van der Waals surface area contributed by atoms with Crippen molar-refractivity contribution in [1.82, 2.24) is 25.3 Å². The molecule has 1 aliphatic carbocycles. The summed E-state index contributed by atoms with van der Waals surface area (Å²) in [7, 11) is 1.49. The summed E-state index contributed by atoms with van der Waals surface area (Å²) in [4.78, 5) is 43.2. The second-order valence-corrected chi connectivity index (χ2v) is 8.10. The van der Waals surface area contributed by atoms with E-state index in [1.165, 1.54) is 7.11 Å². The molecule has 35 heavy (non-hydrogen) atoms. The molecule has 0 aliphatic heterocycles. The van der Waals surface area contributed by atoms with Crippen LogP contribution in [0.4, 0.5) is 15.4 Å². The van der Waals surface area contributed by atoms with Crippen LogP contribution in [0, 0.1) is 0 Å². The molecule has 3 aromatic rings. The first-order chi connectivity index (χ1) is 17.0. The predicted octanol–water partition coefficient (Wildman–Crippen LogP) is 3.06. The molecule has 2 aromatic heterocycles. The number of anilines is 1. The predicted molar refractivity (Wildman–Crippen MR) is 127 cm³/mol. The van der Waals surface area contributed by atoms with E-state index in [-0.39, 0.29) is 24.2 Å². The van der Waals surface area contributed by atoms with Crippen LogP contribution in [0.3, 0.4) is 0 Å². The van der Waals surface area contributed by atoms with Crippen LogP contribution in [-0.2, 0) is 11.3 Å². The summed E-state index contributed by atoms with van der Waals surface area (Å²) in [6, 6.07) is 9.51. The number of nitrogens with zero attached hydrogens (tertiary/aromatic N) is 5. The maximum atomic E-state index is 13.3. The monoisotopic (exact) mass is 477 g/mol. The molecule has 1 fully saturated rings. The molecule has 3 N–H and O–H groups in total. The highest BCUT2D eigenvalue weighted by atomic mass is 16.6. The van der Waals surface area contributed by atoms with Crippen LogP contribution in [0.25, 0.3) is 11.3 Å². The van der Waals surface area contributed by atoms with Crippen molar-refractivity contribution in [2.75, 3.05) is 12.0 Å². The maximum absolute atomic E-state index is 13.3. The topological polar surface area (TPSA) is 145 Å². The molecule has 0 saturated heterocycles. The van der Waals surface area contributed by atoms with Gasteiger partial charge in [0.2, 0.25) is 0 Å². The molecule has 1 saturated carbocycles. The van der Waals surface area contributed by atoms with Crippen molar-refractivity contribution < 1.29 is 19.1 Å². The van der Waals surface area contributed by atoms with Gasteiger partial charge in [-0.15, -0.1) is 0 Å². The smallest absolute Gasteiger partial charge is 0.404 e. The van der Waals surface area contributed by atoms with E-state index in [2.05, 4.69) is 25.3 Å². The lowest BCUT2D eigenvalue weighted by Gasteiger charge is -2.35. The summed E-state index contributed by atoms with van der Waals surface area (Å²) in [6.07, 6.45) is 7.78. The van der Waals surface area contributed by atoms with Crippen LogP contribution in [0.1, 0.15) is 31.2 Å². The summed E-state index contributed by atoms with van der Waals surface area (Å²) < 4.78 is 10.1. The second-order valence-electron chi connectivity index (χ2n) is 8.10. The van der Waals surface area contributed by atoms with Crippen LogP contribution >= 0.6 is 0 Å². The lowest BCUT2D eigenvalue weighted by Crippen LogP contribution is -2.48. The fourth-order valence-corrected chi connectivity index (χ4v) is 4.05. The zero-order chi connectivity index (χ0) is 24.6. The third-order valence-electron chi connectivity index (χ3n) is 5.79. The summed E-state index contributed by atoms with van der Waals surface area (Å²) in [5.41, 5.74) is 7.39. The molecule has 0 radical (unpaired) electrons. The number of carbonyl (C=O) groups is 2. The Bertz CT molecular complexity index is 1120. The number of methoxy groups -OCH3 is 1. The standard InChI is InChI=1S/C24H27N7O4/c1-34-23-28-12-17(13-29-23)20-14-27-21(15-26-20)31(18-7-9-19(10-8-18)35-22(25)32)24(33)30-11-16-5-3-2-4-6-16/h2-6,12-15,18-19H,7-11H2,1H3,(H2,25,32)(H,30,33). The highest BCUT2D eigenvalue weighted by molar-refractivity contribution is 5.91. The van der Waals surface area contributed by atoms with Crippen molar-refractivity contribution in [3.8, 4) is 17.3 Å². The Morgan fingerprint density at radius 1 is 1.00 bits per heavy atom. The summed E-state index contributed by atoms with van der Waals surface area (Å²) >= 11 is 0. The van der Waals surface area contributed by atoms with Crippen LogP contribution in [0.5, 0.6) is 6.01 Å². The maximum Gasteiger partial charge on any atom is 0.404 e. The second kappa shape index (κ2) is 11.2. The quantitative estimate of drug-likeness (QED) is 0.528. The molecular formula is C24H27N7O4. The van der Waals surface area contributed by atoms with E-state index in [1.807, 2.05) is 30.3 Å². The van der Waals surface area contributed by atoms with Crippen molar-refractivity contribution in [3.63, 3.8) is 0 Å². The molecule has 2 heterocycles. The Balaban J connectivity index is 1.52. The van der Waals surface area contributed by atoms with E-state index in [1.54, 1.807) is 29.7 Å². The van der Waals surface area contributed by atoms with Gasteiger partial charge < -0.3 is 20.5 Å². The Morgan fingerprint density at radius 2 is 1.71 bits per heavy atom. The minimum Gasteiger partial charge on any atom is -0.467 e. The molecule has 4 rings (SSSR count). The summed E-state index contributed by atoms with van der Waals surface area (Å²) in [6.45, 7) is 0.380. The molecule has 3 amide bonds. The van der Waals surface area contributed by atoms with Gasteiger partial charge in [0.15, 0.2) is 5.82 Å². The van der Waals surface area contributed by atoms with Crippen LogP contribution in [0.2, 0.25) is 0 Å². The molecular weight excluding hydrogens is 450 g/mol. The normalized spacial score (nSPS) is 17.3. The van der Waals surface area contributed by atoms with E-state index < -0.39 is 6.09 Å². The fraction of sp³-hybridized carbons (Fsp3) is 0.333. The number of aromatic nitrogens is 4. The van der Waals surface area contributed by atoms with Gasteiger partial charge in [0, 0.05) is 30.5 Å².